The summed E-state index contributed by atoms with van der Waals surface area (Å²) in [5.74, 6) is 0. The van der Waals surface area contributed by atoms with Gasteiger partial charge in [0, 0.05) is 59.4 Å². The van der Waals surface area contributed by atoms with Crippen LogP contribution in [0.2, 0.25) is 0 Å². The molecule has 0 aliphatic carbocycles. The molecule has 0 rings (SSSR count). The Morgan fingerprint density at radius 3 is 1.00 bits per heavy atom. The molecule has 3 N–H and O–H groups in total. The molecule has 0 fully saturated rings. The summed E-state index contributed by atoms with van der Waals surface area (Å²) >= 11 is 0. The summed E-state index contributed by atoms with van der Waals surface area (Å²) in [6.45, 7) is 0. The topological polar surface area (TPSA) is 60.7 Å². The van der Waals surface area contributed by atoms with Gasteiger partial charge in [0.1, 0.15) is 0 Å². The van der Waals surface area contributed by atoms with Crippen molar-refractivity contribution in [1.29, 1.82) is 0 Å². The fourth-order valence-corrected chi connectivity index (χ4v) is 0. The normalized spacial score (nSPS) is 4.50. The summed E-state index contributed by atoms with van der Waals surface area (Å²) in [7, 11) is -2.17. The maximum absolute atomic E-state index is 7.17. The Morgan fingerprint density at radius 1 is 1.00 bits per heavy atom. The van der Waals surface area contributed by atoms with Crippen molar-refractivity contribution >= 4 is 7.32 Å². The molecule has 0 aliphatic heterocycles. The van der Waals surface area contributed by atoms with E-state index in [-0.39, 0.29) is 59.4 Å². The van der Waals surface area contributed by atoms with E-state index in [1.165, 1.54) is 0 Å². The molecule has 0 unspecified atom stereocenters. The Labute approximate surface area is 80.8 Å². The minimum absolute atomic E-state index is 0. The van der Waals surface area contributed by atoms with E-state index >= 15 is 0 Å². The van der Waals surface area contributed by atoms with Crippen molar-refractivity contribution in [2.24, 2.45) is 0 Å². The van der Waals surface area contributed by atoms with Crippen LogP contribution < -0.4 is 0 Å². The first kappa shape index (κ1) is 15.7. The van der Waals surface area contributed by atoms with E-state index in [2.05, 4.69) is 0 Å². The molecule has 0 saturated heterocycles. The molecular weight excluding hydrogens is 281 g/mol. The minimum atomic E-state index is -2.17. The minimum Gasteiger partial charge on any atom is -0.402 e. The zero-order chi connectivity index (χ0) is 3.58. The van der Waals surface area contributed by atoms with Gasteiger partial charge in [0.25, 0.3) is 0 Å². The molecule has 0 spiro atoms. The van der Waals surface area contributed by atoms with Gasteiger partial charge in [-0.2, -0.15) is 0 Å². The molecule has 6 heteroatoms. The molecule has 0 atom stereocenters. The zero-order valence-electron chi connectivity index (χ0n) is 2.98. The second kappa shape index (κ2) is 10.00. The molecule has 0 aromatic carbocycles. The molecule has 0 saturated carbocycles. The van der Waals surface area contributed by atoms with Crippen LogP contribution in [0, 0.1) is 39.9 Å². The fourth-order valence-electron chi connectivity index (χ4n) is 0. The molecule has 6 heavy (non-hydrogen) atoms. The van der Waals surface area contributed by atoms with Crippen molar-refractivity contribution in [3.05, 3.63) is 0 Å². The fraction of sp³-hybridized carbons (Fsp3) is 0. The van der Waals surface area contributed by atoms with E-state index in [1.54, 1.807) is 0 Å². The molecule has 0 aromatic heterocycles. The van der Waals surface area contributed by atoms with Gasteiger partial charge in [0.15, 0.2) is 0 Å². The maximum Gasteiger partial charge on any atom is 0.631 e. The SMILES string of the molecule is OB(O)O.[Gd].[Zn]. The quantitative estimate of drug-likeness (QED) is 0.449. The first-order chi connectivity index (χ1) is 1.73. The third-order valence-corrected chi connectivity index (χ3v) is 0. The van der Waals surface area contributed by atoms with Gasteiger partial charge in [-0.3, -0.25) is 0 Å². The predicted molar refractivity (Wildman–Crippen MR) is 12.4 cm³/mol. The van der Waals surface area contributed by atoms with Crippen LogP contribution >= 0.6 is 0 Å². The summed E-state index contributed by atoms with van der Waals surface area (Å²) in [6.07, 6.45) is 0. The number of hydrogen-bond donors (Lipinski definition) is 3. The second-order valence-corrected chi connectivity index (χ2v) is 0.346. The van der Waals surface area contributed by atoms with E-state index < -0.39 is 7.32 Å². The van der Waals surface area contributed by atoms with Gasteiger partial charge in [-0.1, -0.05) is 0 Å². The van der Waals surface area contributed by atoms with E-state index in [9.17, 15) is 0 Å². The third kappa shape index (κ3) is 39.4. The standard InChI is InChI=1S/BH3O3.Gd.Zn/c2-1(3)4;;/h2-4H;;. The van der Waals surface area contributed by atoms with E-state index in [0.29, 0.717) is 0 Å². The van der Waals surface area contributed by atoms with Crippen LogP contribution in [-0.2, 0) is 19.5 Å². The summed E-state index contributed by atoms with van der Waals surface area (Å²) in [5.41, 5.74) is 0. The van der Waals surface area contributed by atoms with Crippen molar-refractivity contribution in [2.75, 3.05) is 0 Å². The Bertz CT molecular complexity index is 15.5. The maximum atomic E-state index is 7.17. The zero-order valence-corrected chi connectivity index (χ0v) is 8.22. The van der Waals surface area contributed by atoms with E-state index in [4.69, 9.17) is 15.1 Å². The van der Waals surface area contributed by atoms with Gasteiger partial charge >= 0.3 is 7.32 Å². The van der Waals surface area contributed by atoms with Crippen molar-refractivity contribution in [3.63, 3.8) is 0 Å². The third-order valence-electron chi connectivity index (χ3n) is 0. The molecule has 0 amide bonds. The van der Waals surface area contributed by atoms with Crippen LogP contribution in [0.3, 0.4) is 0 Å². The van der Waals surface area contributed by atoms with Gasteiger partial charge < -0.3 is 15.1 Å². The van der Waals surface area contributed by atoms with Crippen molar-refractivity contribution in [3.8, 4) is 0 Å². The largest absolute Gasteiger partial charge is 0.631 e. The first-order valence-electron chi connectivity index (χ1n) is 0.775. The Hall–Kier alpha value is 1.89. The Morgan fingerprint density at radius 2 is 1.00 bits per heavy atom. The van der Waals surface area contributed by atoms with Crippen LogP contribution in [0.4, 0.5) is 0 Å². The van der Waals surface area contributed by atoms with Gasteiger partial charge in [-0.05, 0) is 0 Å². The van der Waals surface area contributed by atoms with Crippen LogP contribution in [-0.4, -0.2) is 22.4 Å². The monoisotopic (exact) mass is 284 g/mol. The first-order valence-corrected chi connectivity index (χ1v) is 0.775. The molecule has 0 bridgehead atoms. The average molecular weight is 284 g/mol. The van der Waals surface area contributed by atoms with Crippen molar-refractivity contribution < 1.29 is 74.5 Å². The van der Waals surface area contributed by atoms with Crippen LogP contribution in [0.25, 0.3) is 0 Å². The average Bonchev–Trinajstić information content (AvgIpc) is 0.811. The second-order valence-electron chi connectivity index (χ2n) is 0.346. The molecule has 0 aromatic rings. The predicted octanol–water partition coefficient (Wildman–Crippen LogP) is -2.05. The molecular formula is H3BGdO3Zn. The summed E-state index contributed by atoms with van der Waals surface area (Å²) in [4.78, 5) is 0. The van der Waals surface area contributed by atoms with Gasteiger partial charge in [0.05, 0.1) is 0 Å². The molecule has 3 nitrogen and oxygen atoms in total. The van der Waals surface area contributed by atoms with Crippen LogP contribution in [0.15, 0.2) is 0 Å². The van der Waals surface area contributed by atoms with E-state index in [1.807, 2.05) is 0 Å². The van der Waals surface area contributed by atoms with Gasteiger partial charge in [-0.25, -0.2) is 0 Å². The molecule has 0 radical (unpaired) electrons. The Balaban J connectivity index is -0.0000000450. The van der Waals surface area contributed by atoms with Crippen molar-refractivity contribution in [1.82, 2.24) is 0 Å². The molecule has 0 heterocycles. The number of hydrogen-bond acceptors (Lipinski definition) is 3. The van der Waals surface area contributed by atoms with E-state index in [0.717, 1.165) is 0 Å². The van der Waals surface area contributed by atoms with Crippen molar-refractivity contribution in [2.45, 2.75) is 0 Å². The Kier molecular flexibility index (Phi) is 26.1. The summed E-state index contributed by atoms with van der Waals surface area (Å²) in [5, 5.41) is 21.5. The van der Waals surface area contributed by atoms with Crippen LogP contribution in [0.5, 0.6) is 0 Å². The molecule has 34 valence electrons. The van der Waals surface area contributed by atoms with Gasteiger partial charge in [-0.15, -0.1) is 0 Å². The van der Waals surface area contributed by atoms with Gasteiger partial charge in [0.2, 0.25) is 0 Å². The van der Waals surface area contributed by atoms with Crippen LogP contribution in [0.1, 0.15) is 0 Å². The molecule has 0 aliphatic rings. The summed E-state index contributed by atoms with van der Waals surface area (Å²) < 4.78 is 0. The summed E-state index contributed by atoms with van der Waals surface area (Å²) in [6, 6.07) is 0. The number of rotatable bonds is 0. The smallest absolute Gasteiger partial charge is 0.402 e.